The Morgan fingerprint density at radius 2 is 2.21 bits per heavy atom. The van der Waals surface area contributed by atoms with Crippen LogP contribution in [0.2, 0.25) is 0 Å². The van der Waals surface area contributed by atoms with E-state index in [1.807, 2.05) is 0 Å². The van der Waals surface area contributed by atoms with E-state index < -0.39 is 16.1 Å². The fourth-order valence-corrected chi connectivity index (χ4v) is 4.71. The highest BCUT2D eigenvalue weighted by atomic mass is 32.2. The highest BCUT2D eigenvalue weighted by Crippen LogP contribution is 2.31. The Labute approximate surface area is 113 Å². The number of hydrogen-bond donors (Lipinski definition) is 1. The van der Waals surface area contributed by atoms with Crippen LogP contribution in [-0.2, 0) is 10.0 Å². The van der Waals surface area contributed by atoms with Crippen molar-refractivity contribution < 1.29 is 18.0 Å². The van der Waals surface area contributed by atoms with Gasteiger partial charge in [0.25, 0.3) is 0 Å². The van der Waals surface area contributed by atoms with Crippen molar-refractivity contribution in [2.75, 3.05) is 6.54 Å². The molecule has 0 spiro atoms. The summed E-state index contributed by atoms with van der Waals surface area (Å²) in [5.41, 5.74) is 0.389. The quantitative estimate of drug-likeness (QED) is 0.900. The topological polar surface area (TPSA) is 83.6 Å². The molecule has 0 aromatic carbocycles. The summed E-state index contributed by atoms with van der Waals surface area (Å²) in [5, 5.41) is 13.2. The number of aliphatic hydroxyl groups excluding tert-OH is 1. The van der Waals surface area contributed by atoms with Gasteiger partial charge in [-0.25, -0.2) is 8.42 Å². The summed E-state index contributed by atoms with van der Waals surface area (Å²) in [5.74, 6) is 0.320. The molecule has 19 heavy (non-hydrogen) atoms. The van der Waals surface area contributed by atoms with E-state index >= 15 is 0 Å². The highest BCUT2D eigenvalue weighted by Gasteiger charge is 2.38. The van der Waals surface area contributed by atoms with Gasteiger partial charge in [0.15, 0.2) is 5.76 Å². The number of aromatic nitrogens is 1. The molecule has 0 amide bonds. The molecular weight excluding hydrogens is 268 g/mol. The summed E-state index contributed by atoms with van der Waals surface area (Å²) >= 11 is 0. The molecule has 0 aliphatic carbocycles. The van der Waals surface area contributed by atoms with E-state index in [9.17, 15) is 13.5 Å². The molecule has 2 atom stereocenters. The van der Waals surface area contributed by atoms with E-state index in [0.29, 0.717) is 24.4 Å². The molecule has 2 rings (SSSR count). The fourth-order valence-electron chi connectivity index (χ4n) is 2.72. The van der Waals surface area contributed by atoms with E-state index in [1.165, 1.54) is 4.31 Å². The molecule has 0 bridgehead atoms. The summed E-state index contributed by atoms with van der Waals surface area (Å²) in [7, 11) is -3.59. The van der Waals surface area contributed by atoms with Gasteiger partial charge in [-0.2, -0.15) is 4.31 Å². The highest BCUT2D eigenvalue weighted by molar-refractivity contribution is 7.89. The normalized spacial score (nSPS) is 22.8. The third kappa shape index (κ3) is 2.68. The number of aliphatic hydroxyl groups is 1. The lowest BCUT2D eigenvalue weighted by atomic mass is 10.1. The molecule has 2 unspecified atom stereocenters. The van der Waals surface area contributed by atoms with Gasteiger partial charge >= 0.3 is 0 Å². The lowest BCUT2D eigenvalue weighted by molar-refractivity contribution is 0.158. The lowest BCUT2D eigenvalue weighted by Crippen LogP contribution is -2.37. The molecule has 7 heteroatoms. The summed E-state index contributed by atoms with van der Waals surface area (Å²) in [6.45, 7) is 5.40. The van der Waals surface area contributed by atoms with Crippen molar-refractivity contribution in [3.63, 3.8) is 0 Å². The van der Waals surface area contributed by atoms with Crippen molar-refractivity contribution in [2.24, 2.45) is 0 Å². The smallest absolute Gasteiger partial charge is 0.248 e. The molecular formula is C12H20N2O4S. The molecule has 1 fully saturated rings. The summed E-state index contributed by atoms with van der Waals surface area (Å²) in [6, 6.07) is -0.140. The van der Waals surface area contributed by atoms with E-state index in [4.69, 9.17) is 4.52 Å². The minimum Gasteiger partial charge on any atom is -0.393 e. The minimum absolute atomic E-state index is 0.140. The lowest BCUT2D eigenvalue weighted by Gasteiger charge is -2.24. The van der Waals surface area contributed by atoms with Gasteiger partial charge in [-0.05, 0) is 40.0 Å². The average molecular weight is 288 g/mol. The molecule has 0 saturated carbocycles. The molecule has 2 heterocycles. The van der Waals surface area contributed by atoms with E-state index in [2.05, 4.69) is 5.16 Å². The Hall–Kier alpha value is -0.920. The van der Waals surface area contributed by atoms with Crippen LogP contribution >= 0.6 is 0 Å². The summed E-state index contributed by atoms with van der Waals surface area (Å²) < 4.78 is 31.8. The Bertz CT molecular complexity index is 531. The van der Waals surface area contributed by atoms with Crippen LogP contribution in [0.25, 0.3) is 0 Å². The number of rotatable bonds is 4. The van der Waals surface area contributed by atoms with Gasteiger partial charge in [0.2, 0.25) is 10.0 Å². The van der Waals surface area contributed by atoms with Crippen LogP contribution in [0.1, 0.15) is 37.6 Å². The van der Waals surface area contributed by atoms with Crippen LogP contribution in [0.5, 0.6) is 0 Å². The Morgan fingerprint density at radius 3 is 2.74 bits per heavy atom. The molecule has 1 aliphatic heterocycles. The standard InChI is InChI=1S/C12H20N2O4S/c1-8(15)7-11-5-4-6-14(11)19(16,17)12-9(2)13-18-10(12)3/h8,11,15H,4-7H2,1-3H3. The van der Waals surface area contributed by atoms with Gasteiger partial charge in [0.05, 0.1) is 6.10 Å². The van der Waals surface area contributed by atoms with Crippen molar-refractivity contribution in [2.45, 2.75) is 57.1 Å². The van der Waals surface area contributed by atoms with Gasteiger partial charge < -0.3 is 9.63 Å². The van der Waals surface area contributed by atoms with Crippen molar-refractivity contribution in [3.8, 4) is 0 Å². The van der Waals surface area contributed by atoms with Crippen LogP contribution in [0.3, 0.4) is 0 Å². The van der Waals surface area contributed by atoms with Crippen LogP contribution in [0.15, 0.2) is 9.42 Å². The molecule has 1 aromatic rings. The van der Waals surface area contributed by atoms with Gasteiger partial charge in [0, 0.05) is 12.6 Å². The third-order valence-corrected chi connectivity index (χ3v) is 5.67. The van der Waals surface area contributed by atoms with Crippen LogP contribution in [0.4, 0.5) is 0 Å². The SMILES string of the molecule is Cc1noc(C)c1S(=O)(=O)N1CCCC1CC(C)O. The summed E-state index contributed by atoms with van der Waals surface area (Å²) in [4.78, 5) is 0.171. The Kier molecular flexibility index (Phi) is 3.98. The first-order valence-corrected chi connectivity index (χ1v) is 7.91. The maximum absolute atomic E-state index is 12.7. The fraction of sp³-hybridized carbons (Fsp3) is 0.750. The molecule has 1 N–H and O–H groups in total. The zero-order valence-corrected chi connectivity index (χ0v) is 12.3. The van der Waals surface area contributed by atoms with Gasteiger partial charge in [-0.15, -0.1) is 0 Å². The zero-order chi connectivity index (χ0) is 14.2. The van der Waals surface area contributed by atoms with Gasteiger partial charge in [-0.3, -0.25) is 0 Å². The monoisotopic (exact) mass is 288 g/mol. The number of nitrogens with zero attached hydrogens (tertiary/aromatic N) is 2. The largest absolute Gasteiger partial charge is 0.393 e. The molecule has 1 aromatic heterocycles. The molecule has 1 saturated heterocycles. The average Bonchev–Trinajstić information content (AvgIpc) is 2.85. The second kappa shape index (κ2) is 5.22. The van der Waals surface area contributed by atoms with Crippen LogP contribution in [0, 0.1) is 13.8 Å². The molecule has 0 radical (unpaired) electrons. The van der Waals surface area contributed by atoms with Gasteiger partial charge in [-0.1, -0.05) is 5.16 Å². The van der Waals surface area contributed by atoms with E-state index in [0.717, 1.165) is 12.8 Å². The number of hydrogen-bond acceptors (Lipinski definition) is 5. The predicted octanol–water partition coefficient (Wildman–Crippen LogP) is 1.22. The minimum atomic E-state index is -3.59. The first-order valence-electron chi connectivity index (χ1n) is 6.47. The van der Waals surface area contributed by atoms with Crippen molar-refractivity contribution in [3.05, 3.63) is 11.5 Å². The third-order valence-electron chi connectivity index (χ3n) is 3.47. The van der Waals surface area contributed by atoms with Gasteiger partial charge in [0.1, 0.15) is 10.6 Å². The summed E-state index contributed by atoms with van der Waals surface area (Å²) in [6.07, 6.45) is 1.56. The number of sulfonamides is 1. The second-order valence-electron chi connectivity index (χ2n) is 5.15. The zero-order valence-electron chi connectivity index (χ0n) is 11.5. The number of aryl methyl sites for hydroxylation is 2. The first kappa shape index (κ1) is 14.5. The van der Waals surface area contributed by atoms with Crippen molar-refractivity contribution in [1.29, 1.82) is 0 Å². The maximum Gasteiger partial charge on any atom is 0.248 e. The second-order valence-corrected chi connectivity index (χ2v) is 6.98. The van der Waals surface area contributed by atoms with Crippen molar-refractivity contribution in [1.82, 2.24) is 9.46 Å². The van der Waals surface area contributed by atoms with Crippen molar-refractivity contribution >= 4 is 10.0 Å². The maximum atomic E-state index is 12.7. The molecule has 1 aliphatic rings. The Morgan fingerprint density at radius 1 is 1.53 bits per heavy atom. The van der Waals surface area contributed by atoms with Crippen LogP contribution < -0.4 is 0 Å². The van der Waals surface area contributed by atoms with Crippen LogP contribution in [-0.4, -0.2) is 41.7 Å². The Balaban J connectivity index is 2.34. The van der Waals surface area contributed by atoms with E-state index in [-0.39, 0.29) is 10.9 Å². The molecule has 108 valence electrons. The van der Waals surface area contributed by atoms with E-state index in [1.54, 1.807) is 20.8 Å². The molecule has 6 nitrogen and oxygen atoms in total. The first-order chi connectivity index (χ1) is 8.84. The predicted molar refractivity (Wildman–Crippen MR) is 69.2 cm³/mol.